The lowest BCUT2D eigenvalue weighted by molar-refractivity contribution is -0.129. The third-order valence-electron chi connectivity index (χ3n) is 7.15. The summed E-state index contributed by atoms with van der Waals surface area (Å²) in [6, 6.07) is 21.1. The van der Waals surface area contributed by atoms with Gasteiger partial charge in [-0.15, -0.1) is 0 Å². The number of hydrazone groups is 1. The van der Waals surface area contributed by atoms with Gasteiger partial charge in [-0.25, -0.2) is 9.69 Å². The Balaban J connectivity index is 1.46. The van der Waals surface area contributed by atoms with Crippen molar-refractivity contribution in [2.75, 3.05) is 17.3 Å². The molecular formula is C28H22N4O5. The fourth-order valence-electron chi connectivity index (χ4n) is 5.59. The molecule has 0 bridgehead atoms. The molecule has 37 heavy (non-hydrogen) atoms. The van der Waals surface area contributed by atoms with E-state index in [9.17, 15) is 19.2 Å². The van der Waals surface area contributed by atoms with Crippen LogP contribution in [0.4, 0.5) is 11.4 Å². The average molecular weight is 495 g/mol. The third kappa shape index (κ3) is 3.42. The SMILES string of the molecule is COC(=O)c1ccccc1N1C(=O)[C@@H]2[C@H](C1=O)[C@H](C(=O)Nc1ccccc1)N1N=Cc3ccccc3[C@@H]21. The lowest BCUT2D eigenvalue weighted by atomic mass is 9.85. The average Bonchev–Trinajstić information content (AvgIpc) is 3.41. The number of imide groups is 1. The van der Waals surface area contributed by atoms with Gasteiger partial charge in [0.2, 0.25) is 17.7 Å². The molecule has 4 atom stereocenters. The Morgan fingerprint density at radius 3 is 2.32 bits per heavy atom. The van der Waals surface area contributed by atoms with Crippen LogP contribution >= 0.6 is 0 Å². The minimum atomic E-state index is -1.04. The highest BCUT2D eigenvalue weighted by atomic mass is 16.5. The van der Waals surface area contributed by atoms with Gasteiger partial charge in [0.05, 0.1) is 42.5 Å². The third-order valence-corrected chi connectivity index (χ3v) is 7.15. The van der Waals surface area contributed by atoms with Gasteiger partial charge in [-0.05, 0) is 35.4 Å². The summed E-state index contributed by atoms with van der Waals surface area (Å²) in [6.07, 6.45) is 1.65. The van der Waals surface area contributed by atoms with Crippen molar-refractivity contribution in [3.05, 3.63) is 95.6 Å². The molecule has 0 radical (unpaired) electrons. The van der Waals surface area contributed by atoms with E-state index in [0.29, 0.717) is 5.69 Å². The maximum absolute atomic E-state index is 14.0. The molecule has 6 rings (SSSR count). The first-order chi connectivity index (χ1) is 18.0. The van der Waals surface area contributed by atoms with Crippen LogP contribution < -0.4 is 10.2 Å². The van der Waals surface area contributed by atoms with Crippen molar-refractivity contribution in [1.82, 2.24) is 5.01 Å². The zero-order chi connectivity index (χ0) is 25.7. The van der Waals surface area contributed by atoms with E-state index >= 15 is 0 Å². The summed E-state index contributed by atoms with van der Waals surface area (Å²) in [6.45, 7) is 0. The van der Waals surface area contributed by atoms with E-state index in [0.717, 1.165) is 16.0 Å². The predicted octanol–water partition coefficient (Wildman–Crippen LogP) is 2.99. The number of anilines is 2. The number of rotatable bonds is 4. The first-order valence-electron chi connectivity index (χ1n) is 11.8. The highest BCUT2D eigenvalue weighted by molar-refractivity contribution is 6.26. The molecule has 2 saturated heterocycles. The number of carbonyl (C=O) groups excluding carboxylic acids is 4. The molecule has 3 aliphatic rings. The summed E-state index contributed by atoms with van der Waals surface area (Å²) in [5.74, 6) is -4.02. The van der Waals surface area contributed by atoms with Crippen LogP contribution in [0.1, 0.15) is 27.5 Å². The maximum Gasteiger partial charge on any atom is 0.339 e. The zero-order valence-corrected chi connectivity index (χ0v) is 19.8. The molecule has 0 saturated carbocycles. The zero-order valence-electron chi connectivity index (χ0n) is 19.8. The highest BCUT2D eigenvalue weighted by Crippen LogP contribution is 2.53. The number of nitrogens with one attached hydrogen (secondary N) is 1. The molecule has 3 amide bonds. The number of hydrogen-bond acceptors (Lipinski definition) is 7. The number of esters is 1. The molecule has 3 aromatic rings. The van der Waals surface area contributed by atoms with Crippen LogP contribution in [0.5, 0.6) is 0 Å². The Bertz CT molecular complexity index is 1470. The Labute approximate surface area is 212 Å². The van der Waals surface area contributed by atoms with Crippen molar-refractivity contribution in [2.24, 2.45) is 16.9 Å². The fourth-order valence-corrected chi connectivity index (χ4v) is 5.59. The summed E-state index contributed by atoms with van der Waals surface area (Å²) >= 11 is 0. The molecular weight excluding hydrogens is 472 g/mol. The van der Waals surface area contributed by atoms with Gasteiger partial charge in [-0.1, -0.05) is 54.6 Å². The number of ether oxygens (including phenoxy) is 1. The largest absolute Gasteiger partial charge is 0.465 e. The molecule has 2 fully saturated rings. The van der Waals surface area contributed by atoms with Gasteiger partial charge in [-0.2, -0.15) is 5.10 Å². The molecule has 9 heteroatoms. The molecule has 3 aliphatic heterocycles. The lowest BCUT2D eigenvalue weighted by Gasteiger charge is -2.33. The van der Waals surface area contributed by atoms with Gasteiger partial charge in [0, 0.05) is 5.69 Å². The number of carbonyl (C=O) groups is 4. The van der Waals surface area contributed by atoms with Crippen LogP contribution in [0, 0.1) is 11.8 Å². The first-order valence-corrected chi connectivity index (χ1v) is 11.8. The summed E-state index contributed by atoms with van der Waals surface area (Å²) in [4.78, 5) is 55.1. The maximum atomic E-state index is 14.0. The van der Waals surface area contributed by atoms with Crippen LogP contribution in [0.3, 0.4) is 0 Å². The van der Waals surface area contributed by atoms with Crippen LogP contribution in [0.25, 0.3) is 0 Å². The van der Waals surface area contributed by atoms with Crippen molar-refractivity contribution < 1.29 is 23.9 Å². The number of amides is 3. The number of hydrogen-bond donors (Lipinski definition) is 1. The minimum Gasteiger partial charge on any atom is -0.465 e. The molecule has 0 aromatic heterocycles. The summed E-state index contributed by atoms with van der Waals surface area (Å²) in [5.41, 5.74) is 2.43. The van der Waals surface area contributed by atoms with E-state index in [1.54, 1.807) is 47.6 Å². The smallest absolute Gasteiger partial charge is 0.339 e. The van der Waals surface area contributed by atoms with E-state index < -0.39 is 47.6 Å². The first kappa shape index (κ1) is 22.7. The summed E-state index contributed by atoms with van der Waals surface area (Å²) in [5, 5.41) is 8.99. The number of methoxy groups -OCH3 is 1. The predicted molar refractivity (Wildman–Crippen MR) is 135 cm³/mol. The van der Waals surface area contributed by atoms with Gasteiger partial charge in [0.1, 0.15) is 6.04 Å². The Morgan fingerprint density at radius 1 is 0.865 bits per heavy atom. The topological polar surface area (TPSA) is 108 Å². The molecule has 3 heterocycles. The minimum absolute atomic E-state index is 0.0934. The number of benzene rings is 3. The van der Waals surface area contributed by atoms with Crippen molar-refractivity contribution >= 4 is 41.3 Å². The molecule has 0 unspecified atom stereocenters. The second-order valence-electron chi connectivity index (χ2n) is 9.07. The monoisotopic (exact) mass is 494 g/mol. The van der Waals surface area contributed by atoms with Crippen LogP contribution in [0.15, 0.2) is 84.0 Å². The van der Waals surface area contributed by atoms with Gasteiger partial charge in [-0.3, -0.25) is 19.4 Å². The molecule has 0 spiro atoms. The Morgan fingerprint density at radius 2 is 1.54 bits per heavy atom. The number of fused-ring (bicyclic) bond motifs is 5. The Kier molecular flexibility index (Phi) is 5.33. The quantitative estimate of drug-likeness (QED) is 0.441. The number of para-hydroxylation sites is 2. The van der Waals surface area contributed by atoms with Gasteiger partial charge >= 0.3 is 5.97 Å². The van der Waals surface area contributed by atoms with E-state index in [4.69, 9.17) is 4.74 Å². The van der Waals surface area contributed by atoms with Crippen LogP contribution in [-0.4, -0.2) is 48.1 Å². The van der Waals surface area contributed by atoms with Crippen molar-refractivity contribution in [3.8, 4) is 0 Å². The van der Waals surface area contributed by atoms with Crippen LogP contribution in [-0.2, 0) is 19.1 Å². The normalized spacial score (nSPS) is 23.4. The second kappa shape index (κ2) is 8.70. The van der Waals surface area contributed by atoms with Crippen molar-refractivity contribution in [2.45, 2.75) is 12.1 Å². The summed E-state index contributed by atoms with van der Waals surface area (Å²) in [7, 11) is 1.24. The van der Waals surface area contributed by atoms with Gasteiger partial charge < -0.3 is 10.1 Å². The molecule has 3 aromatic carbocycles. The molecule has 184 valence electrons. The van der Waals surface area contributed by atoms with Gasteiger partial charge in [0.15, 0.2) is 0 Å². The van der Waals surface area contributed by atoms with Crippen molar-refractivity contribution in [3.63, 3.8) is 0 Å². The fraction of sp³-hybridized carbons (Fsp3) is 0.179. The van der Waals surface area contributed by atoms with E-state index in [1.165, 1.54) is 19.2 Å². The summed E-state index contributed by atoms with van der Waals surface area (Å²) < 4.78 is 4.88. The van der Waals surface area contributed by atoms with E-state index in [2.05, 4.69) is 10.4 Å². The van der Waals surface area contributed by atoms with E-state index in [1.807, 2.05) is 30.3 Å². The second-order valence-corrected chi connectivity index (χ2v) is 9.07. The standard InChI is InChI=1S/C28H22N4O5/c1-37-28(36)19-13-7-8-14-20(19)31-26(34)21-22(27(31)35)24(25(33)30-17-10-3-2-4-11-17)32-23(21)18-12-6-5-9-16(18)15-29-32/h2-15,21-24H,1H3,(H,30,33)/t21-,22+,23+,24-/m1/s1. The van der Waals surface area contributed by atoms with Crippen LogP contribution in [0.2, 0.25) is 0 Å². The van der Waals surface area contributed by atoms with E-state index in [-0.39, 0.29) is 11.3 Å². The lowest BCUT2D eigenvalue weighted by Crippen LogP contribution is -2.46. The Hall–Kier alpha value is -4.79. The number of nitrogens with zero attached hydrogens (tertiary/aromatic N) is 3. The molecule has 1 N–H and O–H groups in total. The highest BCUT2D eigenvalue weighted by Gasteiger charge is 2.65. The molecule has 9 nitrogen and oxygen atoms in total. The van der Waals surface area contributed by atoms with Gasteiger partial charge in [0.25, 0.3) is 0 Å². The van der Waals surface area contributed by atoms with Crippen molar-refractivity contribution in [1.29, 1.82) is 0 Å². The molecule has 0 aliphatic carbocycles.